The highest BCUT2D eigenvalue weighted by molar-refractivity contribution is 5.03. The Kier molecular flexibility index (Phi) is 3.79. The van der Waals surface area contributed by atoms with Crippen molar-refractivity contribution in [2.24, 2.45) is 17.1 Å². The van der Waals surface area contributed by atoms with Crippen LogP contribution in [0, 0.1) is 11.3 Å². The molecule has 4 rings (SSSR count). The molecule has 1 spiro atoms. The Morgan fingerprint density at radius 2 is 1.76 bits per heavy atom. The van der Waals surface area contributed by atoms with Crippen molar-refractivity contribution in [3.8, 4) is 0 Å². The van der Waals surface area contributed by atoms with E-state index in [0.29, 0.717) is 12.2 Å². The first-order valence-electron chi connectivity index (χ1n) is 9.25. The average Bonchev–Trinajstić information content (AvgIpc) is 3.17. The van der Waals surface area contributed by atoms with Crippen LogP contribution in [0.15, 0.2) is 0 Å². The van der Waals surface area contributed by atoms with Gasteiger partial charge in [0.2, 0.25) is 0 Å². The second-order valence-electron chi connectivity index (χ2n) is 8.17. The van der Waals surface area contributed by atoms with Crippen molar-refractivity contribution in [3.63, 3.8) is 0 Å². The van der Waals surface area contributed by atoms with Gasteiger partial charge in [0, 0.05) is 18.6 Å². The second kappa shape index (κ2) is 5.50. The minimum atomic E-state index is 0.214. The standard InChI is InChI=1S/C18H31NO2/c19-13-17(10-11-20-16(17)14-4-5-14)12-15-6-9-18(21-15)7-2-1-3-8-18/h14-16H,1-13,19H2. The smallest absolute Gasteiger partial charge is 0.0687 e. The molecular weight excluding hydrogens is 262 g/mol. The highest BCUT2D eigenvalue weighted by Gasteiger charge is 2.52. The molecule has 0 bridgehead atoms. The first kappa shape index (κ1) is 14.5. The topological polar surface area (TPSA) is 44.5 Å². The monoisotopic (exact) mass is 293 g/mol. The zero-order chi connectivity index (χ0) is 14.3. The fourth-order valence-corrected chi connectivity index (χ4v) is 5.32. The first-order valence-corrected chi connectivity index (χ1v) is 9.25. The summed E-state index contributed by atoms with van der Waals surface area (Å²) < 4.78 is 12.7. The Morgan fingerprint density at radius 1 is 0.952 bits per heavy atom. The molecule has 0 aromatic rings. The molecule has 2 aliphatic heterocycles. The third-order valence-corrected chi connectivity index (χ3v) is 6.70. The van der Waals surface area contributed by atoms with Gasteiger partial charge in [-0.05, 0) is 57.3 Å². The molecule has 3 nitrogen and oxygen atoms in total. The van der Waals surface area contributed by atoms with Crippen LogP contribution >= 0.6 is 0 Å². The van der Waals surface area contributed by atoms with Gasteiger partial charge in [0.25, 0.3) is 0 Å². The second-order valence-corrected chi connectivity index (χ2v) is 8.17. The van der Waals surface area contributed by atoms with Gasteiger partial charge in [0.1, 0.15) is 0 Å². The zero-order valence-corrected chi connectivity index (χ0v) is 13.3. The average molecular weight is 293 g/mol. The van der Waals surface area contributed by atoms with Crippen molar-refractivity contribution >= 4 is 0 Å². The Morgan fingerprint density at radius 3 is 2.48 bits per heavy atom. The Hall–Kier alpha value is -0.120. The van der Waals surface area contributed by atoms with Crippen molar-refractivity contribution < 1.29 is 9.47 Å². The molecule has 0 amide bonds. The van der Waals surface area contributed by atoms with E-state index in [-0.39, 0.29) is 11.0 Å². The van der Waals surface area contributed by atoms with Crippen LogP contribution in [0.2, 0.25) is 0 Å². The van der Waals surface area contributed by atoms with Crippen LogP contribution in [0.3, 0.4) is 0 Å². The lowest BCUT2D eigenvalue weighted by Gasteiger charge is -2.37. The number of hydrogen-bond acceptors (Lipinski definition) is 3. The third kappa shape index (κ3) is 2.66. The van der Waals surface area contributed by atoms with Crippen LogP contribution in [0.5, 0.6) is 0 Å². The van der Waals surface area contributed by atoms with E-state index < -0.39 is 0 Å². The molecule has 3 heteroatoms. The van der Waals surface area contributed by atoms with Gasteiger partial charge in [0.05, 0.1) is 17.8 Å². The lowest BCUT2D eigenvalue weighted by atomic mass is 9.74. The van der Waals surface area contributed by atoms with E-state index in [9.17, 15) is 0 Å². The van der Waals surface area contributed by atoms with E-state index in [1.807, 2.05) is 0 Å². The summed E-state index contributed by atoms with van der Waals surface area (Å²) in [6, 6.07) is 0. The summed E-state index contributed by atoms with van der Waals surface area (Å²) in [5.41, 5.74) is 6.69. The number of ether oxygens (including phenoxy) is 2. The SMILES string of the molecule is NCC1(CC2CCC3(CCCCC3)O2)CCOC1C1CC1. The Bertz CT molecular complexity index is 375. The summed E-state index contributed by atoms with van der Waals surface area (Å²) in [5.74, 6) is 0.793. The van der Waals surface area contributed by atoms with Gasteiger partial charge in [-0.3, -0.25) is 0 Å². The molecule has 2 N–H and O–H groups in total. The van der Waals surface area contributed by atoms with Crippen LogP contribution < -0.4 is 5.73 Å². The van der Waals surface area contributed by atoms with Gasteiger partial charge in [0.15, 0.2) is 0 Å². The number of hydrogen-bond donors (Lipinski definition) is 1. The largest absolute Gasteiger partial charge is 0.377 e. The van der Waals surface area contributed by atoms with E-state index in [2.05, 4.69) is 0 Å². The number of nitrogens with two attached hydrogens (primary N) is 1. The van der Waals surface area contributed by atoms with Gasteiger partial charge in [-0.15, -0.1) is 0 Å². The zero-order valence-electron chi connectivity index (χ0n) is 13.3. The predicted octanol–water partition coefficient (Wildman–Crippen LogP) is 3.40. The lowest BCUT2D eigenvalue weighted by molar-refractivity contribution is -0.0842. The van der Waals surface area contributed by atoms with Crippen LogP contribution in [-0.4, -0.2) is 31.0 Å². The summed E-state index contributed by atoms with van der Waals surface area (Å²) in [6.07, 6.45) is 15.1. The van der Waals surface area contributed by atoms with E-state index >= 15 is 0 Å². The maximum Gasteiger partial charge on any atom is 0.0687 e. The molecule has 0 aromatic carbocycles. The van der Waals surface area contributed by atoms with Crippen LogP contribution in [0.1, 0.15) is 70.6 Å². The normalized spacial score (nSPS) is 42.7. The van der Waals surface area contributed by atoms with Crippen LogP contribution in [0.25, 0.3) is 0 Å². The molecule has 0 aromatic heterocycles. The summed E-state index contributed by atoms with van der Waals surface area (Å²) in [7, 11) is 0. The number of rotatable bonds is 4. The van der Waals surface area contributed by atoms with Gasteiger partial charge < -0.3 is 15.2 Å². The molecule has 3 atom stereocenters. The van der Waals surface area contributed by atoms with Crippen LogP contribution in [0.4, 0.5) is 0 Å². The molecule has 0 radical (unpaired) electrons. The van der Waals surface area contributed by atoms with Gasteiger partial charge in [-0.1, -0.05) is 19.3 Å². The molecule has 4 fully saturated rings. The molecule has 2 saturated heterocycles. The van der Waals surface area contributed by atoms with Crippen LogP contribution in [-0.2, 0) is 9.47 Å². The Labute approximate surface area is 128 Å². The maximum absolute atomic E-state index is 6.62. The van der Waals surface area contributed by atoms with Crippen molar-refractivity contribution in [1.29, 1.82) is 0 Å². The molecule has 3 unspecified atom stereocenters. The van der Waals surface area contributed by atoms with Gasteiger partial charge in [-0.2, -0.15) is 0 Å². The fourth-order valence-electron chi connectivity index (χ4n) is 5.32. The molecular formula is C18H31NO2. The van der Waals surface area contributed by atoms with E-state index in [0.717, 1.165) is 31.9 Å². The summed E-state index contributed by atoms with van der Waals surface area (Å²) in [6.45, 7) is 1.69. The highest BCUT2D eigenvalue weighted by atomic mass is 16.5. The molecule has 2 heterocycles. The quantitative estimate of drug-likeness (QED) is 0.864. The third-order valence-electron chi connectivity index (χ3n) is 6.70. The molecule has 4 aliphatic rings. The van der Waals surface area contributed by atoms with Gasteiger partial charge >= 0.3 is 0 Å². The summed E-state index contributed by atoms with van der Waals surface area (Å²) in [4.78, 5) is 0. The predicted molar refractivity (Wildman–Crippen MR) is 83.1 cm³/mol. The van der Waals surface area contributed by atoms with Crippen molar-refractivity contribution in [3.05, 3.63) is 0 Å². The molecule has 120 valence electrons. The Balaban J connectivity index is 1.42. The molecule has 2 saturated carbocycles. The van der Waals surface area contributed by atoms with E-state index in [1.165, 1.54) is 57.8 Å². The fraction of sp³-hybridized carbons (Fsp3) is 1.00. The lowest BCUT2D eigenvalue weighted by Crippen LogP contribution is -2.43. The maximum atomic E-state index is 6.62. The van der Waals surface area contributed by atoms with E-state index in [4.69, 9.17) is 15.2 Å². The van der Waals surface area contributed by atoms with E-state index in [1.54, 1.807) is 0 Å². The van der Waals surface area contributed by atoms with Gasteiger partial charge in [-0.25, -0.2) is 0 Å². The van der Waals surface area contributed by atoms with Crippen molar-refractivity contribution in [2.45, 2.75) is 88.4 Å². The minimum Gasteiger partial charge on any atom is -0.377 e. The summed E-state index contributed by atoms with van der Waals surface area (Å²) >= 11 is 0. The first-order chi connectivity index (χ1) is 10.3. The minimum absolute atomic E-state index is 0.214. The molecule has 2 aliphatic carbocycles. The molecule has 21 heavy (non-hydrogen) atoms. The highest BCUT2D eigenvalue weighted by Crippen LogP contribution is 2.52. The summed E-state index contributed by atoms with van der Waals surface area (Å²) in [5, 5.41) is 0. The van der Waals surface area contributed by atoms with Crippen molar-refractivity contribution in [2.75, 3.05) is 13.2 Å². The van der Waals surface area contributed by atoms with Crippen molar-refractivity contribution in [1.82, 2.24) is 0 Å².